The molecule has 0 aliphatic heterocycles. The second kappa shape index (κ2) is 6.13. The Morgan fingerprint density at radius 1 is 1.48 bits per heavy atom. The van der Waals surface area contributed by atoms with Crippen LogP contribution in [0.3, 0.4) is 0 Å². The van der Waals surface area contributed by atoms with Gasteiger partial charge in [-0.25, -0.2) is 4.39 Å². The second-order valence-corrected chi connectivity index (χ2v) is 5.94. The predicted octanol–water partition coefficient (Wildman–Crippen LogP) is 1.96. The number of carbonyl (C=O) groups excluding carboxylic acids is 1. The van der Waals surface area contributed by atoms with E-state index in [1.165, 1.54) is 17.8 Å². The fourth-order valence-corrected chi connectivity index (χ4v) is 2.42. The molecule has 1 amide bonds. The van der Waals surface area contributed by atoms with Crippen molar-refractivity contribution >= 4 is 29.3 Å². The van der Waals surface area contributed by atoms with E-state index in [-0.39, 0.29) is 17.5 Å². The molecule has 0 saturated heterocycles. The van der Waals surface area contributed by atoms with Gasteiger partial charge in [-0.2, -0.15) is 0 Å². The molecule has 0 aliphatic carbocycles. The molecule has 112 valence electrons. The highest BCUT2D eigenvalue weighted by Gasteiger charge is 2.19. The molecule has 0 aliphatic rings. The summed E-state index contributed by atoms with van der Waals surface area (Å²) in [6, 6.07) is 4.65. The molecular formula is C13H16FN5OS. The van der Waals surface area contributed by atoms with Gasteiger partial charge in [0.2, 0.25) is 11.9 Å². The summed E-state index contributed by atoms with van der Waals surface area (Å²) in [6.45, 7) is 3.49. The van der Waals surface area contributed by atoms with Crippen molar-refractivity contribution in [1.29, 1.82) is 0 Å². The van der Waals surface area contributed by atoms with Crippen molar-refractivity contribution in [2.75, 3.05) is 11.1 Å². The molecule has 1 heterocycles. The number of amides is 1. The van der Waals surface area contributed by atoms with E-state index in [0.717, 1.165) is 5.56 Å². The predicted molar refractivity (Wildman–Crippen MR) is 80.5 cm³/mol. The molecule has 6 nitrogen and oxygen atoms in total. The summed E-state index contributed by atoms with van der Waals surface area (Å²) in [5, 5.41) is 10.2. The van der Waals surface area contributed by atoms with Crippen LogP contribution in [0.15, 0.2) is 23.4 Å². The maximum Gasteiger partial charge on any atom is 0.237 e. The lowest BCUT2D eigenvalue weighted by molar-refractivity contribution is -0.115. The highest BCUT2D eigenvalue weighted by atomic mass is 32.2. The van der Waals surface area contributed by atoms with E-state index < -0.39 is 11.1 Å². The Hall–Kier alpha value is -2.09. The SMILES string of the molecule is Cc1ccc(NC(=O)[C@H](C)Sc2nnc(N)n2C)c(F)c1. The first-order chi connectivity index (χ1) is 9.88. The number of carbonyl (C=O) groups is 1. The molecular weight excluding hydrogens is 293 g/mol. The van der Waals surface area contributed by atoms with Gasteiger partial charge in [-0.15, -0.1) is 10.2 Å². The molecule has 3 N–H and O–H groups in total. The topological polar surface area (TPSA) is 85.8 Å². The Morgan fingerprint density at radius 3 is 2.76 bits per heavy atom. The van der Waals surface area contributed by atoms with E-state index in [2.05, 4.69) is 15.5 Å². The molecule has 0 fully saturated rings. The molecule has 1 aromatic heterocycles. The quantitative estimate of drug-likeness (QED) is 0.843. The lowest BCUT2D eigenvalue weighted by atomic mass is 10.2. The van der Waals surface area contributed by atoms with E-state index in [1.54, 1.807) is 37.6 Å². The van der Waals surface area contributed by atoms with Crippen molar-refractivity contribution in [2.45, 2.75) is 24.3 Å². The molecule has 2 rings (SSSR count). The number of nitrogen functional groups attached to an aromatic ring is 1. The van der Waals surface area contributed by atoms with Gasteiger partial charge < -0.3 is 11.1 Å². The Kier molecular flexibility index (Phi) is 4.46. The first-order valence-corrected chi connectivity index (χ1v) is 7.15. The second-order valence-electron chi connectivity index (χ2n) is 4.63. The van der Waals surface area contributed by atoms with Crippen LogP contribution >= 0.6 is 11.8 Å². The third kappa shape index (κ3) is 3.52. The number of nitrogens with two attached hydrogens (primary N) is 1. The lowest BCUT2D eigenvalue weighted by Gasteiger charge is -2.12. The first-order valence-electron chi connectivity index (χ1n) is 6.27. The van der Waals surface area contributed by atoms with Crippen molar-refractivity contribution in [3.8, 4) is 0 Å². The summed E-state index contributed by atoms with van der Waals surface area (Å²) >= 11 is 1.20. The minimum Gasteiger partial charge on any atom is -0.368 e. The molecule has 8 heteroatoms. The zero-order valence-corrected chi connectivity index (χ0v) is 12.7. The van der Waals surface area contributed by atoms with Crippen LogP contribution in [0, 0.1) is 12.7 Å². The number of rotatable bonds is 4. The maximum atomic E-state index is 13.7. The summed E-state index contributed by atoms with van der Waals surface area (Å²) in [4.78, 5) is 12.1. The van der Waals surface area contributed by atoms with Gasteiger partial charge in [-0.3, -0.25) is 9.36 Å². The number of benzene rings is 1. The molecule has 0 unspecified atom stereocenters. The number of nitrogens with one attached hydrogen (secondary N) is 1. The summed E-state index contributed by atoms with van der Waals surface area (Å²) < 4.78 is 15.3. The van der Waals surface area contributed by atoms with Crippen molar-refractivity contribution in [3.05, 3.63) is 29.6 Å². The monoisotopic (exact) mass is 309 g/mol. The minimum atomic E-state index is -0.465. The largest absolute Gasteiger partial charge is 0.368 e. The molecule has 0 bridgehead atoms. The number of hydrogen-bond donors (Lipinski definition) is 2. The molecule has 1 atom stereocenters. The zero-order valence-electron chi connectivity index (χ0n) is 11.9. The van der Waals surface area contributed by atoms with Crippen molar-refractivity contribution in [3.63, 3.8) is 0 Å². The van der Waals surface area contributed by atoms with Crippen LogP contribution in [0.1, 0.15) is 12.5 Å². The van der Waals surface area contributed by atoms with Gasteiger partial charge in [0.25, 0.3) is 0 Å². The summed E-state index contributed by atoms with van der Waals surface area (Å²) in [5.74, 6) is -0.498. The third-order valence-corrected chi connectivity index (χ3v) is 4.04. The van der Waals surface area contributed by atoms with E-state index in [4.69, 9.17) is 5.73 Å². The highest BCUT2D eigenvalue weighted by Crippen LogP contribution is 2.23. The highest BCUT2D eigenvalue weighted by molar-refractivity contribution is 8.00. The van der Waals surface area contributed by atoms with Crippen LogP contribution in [-0.4, -0.2) is 25.9 Å². The summed E-state index contributed by atoms with van der Waals surface area (Å²) in [5.41, 5.74) is 6.53. The Morgan fingerprint density at radius 2 is 2.19 bits per heavy atom. The van der Waals surface area contributed by atoms with Gasteiger partial charge in [0.15, 0.2) is 5.16 Å². The van der Waals surface area contributed by atoms with Gasteiger partial charge in [-0.1, -0.05) is 17.8 Å². The molecule has 1 aromatic carbocycles. The van der Waals surface area contributed by atoms with Crippen LogP contribution in [0.4, 0.5) is 16.0 Å². The van der Waals surface area contributed by atoms with Crippen LogP contribution in [0.25, 0.3) is 0 Å². The molecule has 21 heavy (non-hydrogen) atoms. The Balaban J connectivity index is 2.04. The summed E-state index contributed by atoms with van der Waals surface area (Å²) in [6.07, 6.45) is 0. The molecule has 0 radical (unpaired) electrons. The fourth-order valence-electron chi connectivity index (χ4n) is 1.60. The van der Waals surface area contributed by atoms with E-state index in [0.29, 0.717) is 5.16 Å². The fraction of sp³-hybridized carbons (Fsp3) is 0.308. The van der Waals surface area contributed by atoms with Crippen LogP contribution in [0.2, 0.25) is 0 Å². The van der Waals surface area contributed by atoms with Gasteiger partial charge in [0, 0.05) is 7.05 Å². The zero-order chi connectivity index (χ0) is 15.6. The Labute approximate surface area is 125 Å². The lowest BCUT2D eigenvalue weighted by Crippen LogP contribution is -2.23. The van der Waals surface area contributed by atoms with Crippen LogP contribution < -0.4 is 11.1 Å². The van der Waals surface area contributed by atoms with Gasteiger partial charge in [0.05, 0.1) is 10.9 Å². The number of anilines is 2. The molecule has 0 spiro atoms. The van der Waals surface area contributed by atoms with Crippen molar-refractivity contribution in [1.82, 2.24) is 14.8 Å². The summed E-state index contributed by atoms with van der Waals surface area (Å²) in [7, 11) is 1.71. The average molecular weight is 309 g/mol. The van der Waals surface area contributed by atoms with Gasteiger partial charge in [0.1, 0.15) is 5.82 Å². The van der Waals surface area contributed by atoms with E-state index >= 15 is 0 Å². The standard InChI is InChI=1S/C13H16FN5OS/c1-7-4-5-10(9(14)6-7)16-11(20)8(2)21-13-18-17-12(15)19(13)3/h4-6,8H,1-3H3,(H2,15,17)(H,16,20)/t8-/m0/s1. The van der Waals surface area contributed by atoms with E-state index in [9.17, 15) is 9.18 Å². The number of hydrogen-bond acceptors (Lipinski definition) is 5. The first kappa shape index (κ1) is 15.3. The Bertz CT molecular complexity index is 673. The molecule has 2 aromatic rings. The maximum absolute atomic E-state index is 13.7. The smallest absolute Gasteiger partial charge is 0.237 e. The van der Waals surface area contributed by atoms with Crippen LogP contribution in [-0.2, 0) is 11.8 Å². The number of halogens is 1. The van der Waals surface area contributed by atoms with Crippen LogP contribution in [0.5, 0.6) is 0 Å². The van der Waals surface area contributed by atoms with Crippen molar-refractivity contribution < 1.29 is 9.18 Å². The molecule has 0 saturated carbocycles. The number of nitrogens with zero attached hydrogens (tertiary/aromatic N) is 3. The normalized spacial score (nSPS) is 12.2. The van der Waals surface area contributed by atoms with E-state index in [1.807, 2.05) is 0 Å². The number of thioether (sulfide) groups is 1. The van der Waals surface area contributed by atoms with Gasteiger partial charge in [-0.05, 0) is 31.5 Å². The minimum absolute atomic E-state index is 0.163. The van der Waals surface area contributed by atoms with Gasteiger partial charge >= 0.3 is 0 Å². The average Bonchev–Trinajstić information content (AvgIpc) is 2.73. The third-order valence-electron chi connectivity index (χ3n) is 2.90. The number of aryl methyl sites for hydroxylation is 1. The van der Waals surface area contributed by atoms with Crippen molar-refractivity contribution in [2.24, 2.45) is 7.05 Å². The number of aromatic nitrogens is 3.